The van der Waals surface area contributed by atoms with Crippen LogP contribution in [0.1, 0.15) is 113 Å². The van der Waals surface area contributed by atoms with Gasteiger partial charge in [0.05, 0.1) is 37.6 Å². The second kappa shape index (κ2) is 18.8. The van der Waals surface area contributed by atoms with Gasteiger partial charge in [-0.1, -0.05) is 46.3 Å². The summed E-state index contributed by atoms with van der Waals surface area (Å²) in [4.78, 5) is 0. The summed E-state index contributed by atoms with van der Waals surface area (Å²) in [5.41, 5.74) is -0.947. The van der Waals surface area contributed by atoms with Crippen molar-refractivity contribution in [1.82, 2.24) is 0 Å². The zero-order chi connectivity index (χ0) is 47.1. The van der Waals surface area contributed by atoms with Crippen molar-refractivity contribution in [3.05, 3.63) is 11.6 Å². The Morgan fingerprint density at radius 1 is 0.641 bits per heavy atom. The van der Waals surface area contributed by atoms with E-state index in [1.54, 1.807) is 0 Å². The smallest absolute Gasteiger partial charge is 0.187 e. The molecule has 3 heterocycles. The van der Waals surface area contributed by atoms with E-state index in [2.05, 4.69) is 40.7 Å². The largest absolute Gasteiger partial charge is 0.394 e. The molecule has 0 aromatic carbocycles. The maximum Gasteiger partial charge on any atom is 0.187 e. The summed E-state index contributed by atoms with van der Waals surface area (Å²) in [6.07, 6.45) is -11.9. The Balaban J connectivity index is 1.11. The summed E-state index contributed by atoms with van der Waals surface area (Å²) in [6, 6.07) is 0. The van der Waals surface area contributed by atoms with Crippen LogP contribution in [0.3, 0.4) is 0 Å². The lowest BCUT2D eigenvalue weighted by atomic mass is 9.35. The molecule has 17 nitrogen and oxygen atoms in total. The predicted octanol–water partition coefficient (Wildman–Crippen LogP) is 0.612. The van der Waals surface area contributed by atoms with Crippen LogP contribution in [0.15, 0.2) is 11.6 Å². The summed E-state index contributed by atoms with van der Waals surface area (Å²) in [5, 5.41) is 118. The average Bonchev–Trinajstić information content (AvgIpc) is 3.76. The van der Waals surface area contributed by atoms with Crippen molar-refractivity contribution in [2.45, 2.75) is 217 Å². The Morgan fingerprint density at radius 3 is 1.81 bits per heavy atom. The summed E-state index contributed by atoms with van der Waals surface area (Å²) < 4.78 is 36.6. The fourth-order valence-corrected chi connectivity index (χ4v) is 14.6. The van der Waals surface area contributed by atoms with Crippen molar-refractivity contribution in [3.63, 3.8) is 0 Å². The van der Waals surface area contributed by atoms with Gasteiger partial charge in [-0.25, -0.2) is 0 Å². The number of hydrogen-bond donors (Lipinski definition) is 11. The molecule has 7 fully saturated rings. The van der Waals surface area contributed by atoms with E-state index in [1.807, 2.05) is 20.8 Å². The highest BCUT2D eigenvalue weighted by atomic mass is 16.7. The van der Waals surface area contributed by atoms with Crippen molar-refractivity contribution in [2.24, 2.45) is 45.3 Å². The Hall–Kier alpha value is -0.940. The maximum absolute atomic E-state index is 12.7. The molecular weight excluding hydrogens is 836 g/mol. The Morgan fingerprint density at radius 2 is 1.19 bits per heavy atom. The van der Waals surface area contributed by atoms with Gasteiger partial charge >= 0.3 is 0 Å². The van der Waals surface area contributed by atoms with E-state index in [-0.39, 0.29) is 46.0 Å². The first-order valence-corrected chi connectivity index (χ1v) is 23.8. The van der Waals surface area contributed by atoms with E-state index in [9.17, 15) is 56.2 Å². The number of aliphatic hydroxyl groups is 11. The standard InChI is InChI=1S/C47H80O17/c1-22(2)10-9-14-47(8,64-42-39(58)36(55)34(53)27(62-42)21-59-40-37(56)33(52)26(20-49)60-40)23-11-16-46(7)31(23)24(50)18-29-44(5)15-13-30(43(3,4)28(44)12-17-45(29,46)6)63-41-38(57)35(54)32(51)25(19-48)61-41/h10,23-42,48-58H,9,11-21H2,1-8H3/t23-,24+,25+,26-,27+,28-,29+,30-,31-,32+,33-,34+,35-,36-,37+,38+,39+,40+,41-,42-,44-,45+,46+,47-/m1/s1. The molecule has 4 saturated carbocycles. The van der Waals surface area contributed by atoms with Gasteiger partial charge in [0.1, 0.15) is 67.1 Å². The molecule has 7 aliphatic rings. The lowest BCUT2D eigenvalue weighted by Crippen LogP contribution is -2.67. The number of allylic oxidation sites excluding steroid dienone is 2. The quantitative estimate of drug-likeness (QED) is 0.0892. The van der Waals surface area contributed by atoms with Crippen molar-refractivity contribution in [1.29, 1.82) is 0 Å². The fourth-order valence-electron chi connectivity index (χ4n) is 14.6. The molecular formula is C47H80O17. The third-order valence-corrected chi connectivity index (χ3v) is 18.4. The molecule has 0 bridgehead atoms. The zero-order valence-corrected chi connectivity index (χ0v) is 39.0. The molecule has 11 N–H and O–H groups in total. The van der Waals surface area contributed by atoms with Gasteiger partial charge < -0.3 is 84.6 Å². The minimum absolute atomic E-state index is 0.149. The maximum atomic E-state index is 12.7. The summed E-state index contributed by atoms with van der Waals surface area (Å²) >= 11 is 0. The Bertz CT molecular complexity index is 1630. The number of aliphatic hydroxyl groups excluding tert-OH is 11. The molecule has 17 heteroatoms. The molecule has 0 aromatic heterocycles. The lowest BCUT2D eigenvalue weighted by molar-refractivity contribution is -0.342. The number of fused-ring (bicyclic) bond motifs is 5. The minimum atomic E-state index is -1.67. The van der Waals surface area contributed by atoms with Crippen LogP contribution in [0.25, 0.3) is 0 Å². The van der Waals surface area contributed by atoms with Crippen LogP contribution in [0.2, 0.25) is 0 Å². The molecule has 64 heavy (non-hydrogen) atoms. The van der Waals surface area contributed by atoms with Crippen LogP contribution in [-0.4, -0.2) is 180 Å². The van der Waals surface area contributed by atoms with E-state index in [4.69, 9.17) is 28.4 Å². The third kappa shape index (κ3) is 8.49. The van der Waals surface area contributed by atoms with Gasteiger partial charge in [0.2, 0.25) is 0 Å². The number of rotatable bonds is 13. The van der Waals surface area contributed by atoms with E-state index in [0.29, 0.717) is 25.7 Å². The van der Waals surface area contributed by atoms with Crippen LogP contribution in [-0.2, 0) is 28.4 Å². The fraction of sp³-hybridized carbons (Fsp3) is 0.957. The summed E-state index contributed by atoms with van der Waals surface area (Å²) in [6.45, 7) is 16.1. The molecule has 0 spiro atoms. The molecule has 0 amide bonds. The molecule has 0 unspecified atom stereocenters. The van der Waals surface area contributed by atoms with Gasteiger partial charge in [0.25, 0.3) is 0 Å². The van der Waals surface area contributed by atoms with Gasteiger partial charge in [0, 0.05) is 0 Å². The molecule has 4 aliphatic carbocycles. The SMILES string of the molecule is CC(C)=CCC[C@@](C)(O[C@H]1O[C@@H](CO[C@H]2O[C@H](CO)[C@@H](O)[C@@H]2O)[C@H](O)[C@@H](O)[C@@H]1O)[C@@H]1CC[C@@]2(C)[C@H]1[C@@H](O)C[C@H]1[C@]3(C)CC[C@@H](O[C@H]4O[C@@H](CO)[C@H](O)[C@@H](O)[C@@H]4O)C(C)(C)[C@H]3CC[C@@]12C. The van der Waals surface area contributed by atoms with Crippen molar-refractivity contribution in [2.75, 3.05) is 19.8 Å². The van der Waals surface area contributed by atoms with E-state index in [0.717, 1.165) is 37.7 Å². The van der Waals surface area contributed by atoms with Crippen molar-refractivity contribution < 1.29 is 84.6 Å². The lowest BCUT2D eigenvalue weighted by Gasteiger charge is -2.71. The highest BCUT2D eigenvalue weighted by molar-refractivity contribution is 5.20. The monoisotopic (exact) mass is 917 g/mol. The summed E-state index contributed by atoms with van der Waals surface area (Å²) in [7, 11) is 0. The Kier molecular flexibility index (Phi) is 14.9. The number of ether oxygens (including phenoxy) is 6. The molecule has 3 aliphatic heterocycles. The third-order valence-electron chi connectivity index (χ3n) is 18.4. The minimum Gasteiger partial charge on any atom is -0.394 e. The van der Waals surface area contributed by atoms with Gasteiger partial charge in [-0.05, 0) is 124 Å². The first-order chi connectivity index (χ1) is 29.9. The molecule has 3 saturated heterocycles. The zero-order valence-electron chi connectivity index (χ0n) is 39.0. The van der Waals surface area contributed by atoms with Gasteiger partial charge in [-0.2, -0.15) is 0 Å². The molecule has 370 valence electrons. The highest BCUT2D eigenvalue weighted by Crippen LogP contribution is 2.76. The second-order valence-electron chi connectivity index (χ2n) is 22.4. The topological polar surface area (TPSA) is 278 Å². The first kappa shape index (κ1) is 50.9. The van der Waals surface area contributed by atoms with Crippen LogP contribution in [0, 0.1) is 45.3 Å². The van der Waals surface area contributed by atoms with Gasteiger partial charge in [-0.3, -0.25) is 0 Å². The molecule has 7 rings (SSSR count). The van der Waals surface area contributed by atoms with Crippen LogP contribution < -0.4 is 0 Å². The normalized spacial score (nSPS) is 52.3. The van der Waals surface area contributed by atoms with Crippen LogP contribution >= 0.6 is 0 Å². The van der Waals surface area contributed by atoms with E-state index >= 15 is 0 Å². The van der Waals surface area contributed by atoms with E-state index in [1.165, 1.54) is 0 Å². The Labute approximate surface area is 377 Å². The first-order valence-electron chi connectivity index (χ1n) is 23.8. The second-order valence-corrected chi connectivity index (χ2v) is 22.4. The van der Waals surface area contributed by atoms with Crippen molar-refractivity contribution >= 4 is 0 Å². The molecule has 24 atom stereocenters. The average molecular weight is 917 g/mol. The van der Waals surface area contributed by atoms with Crippen LogP contribution in [0.4, 0.5) is 0 Å². The summed E-state index contributed by atoms with van der Waals surface area (Å²) in [5.74, 6) is -0.0472. The van der Waals surface area contributed by atoms with Crippen molar-refractivity contribution in [3.8, 4) is 0 Å². The van der Waals surface area contributed by atoms with Gasteiger partial charge in [-0.15, -0.1) is 0 Å². The van der Waals surface area contributed by atoms with E-state index < -0.39 is 123 Å². The van der Waals surface area contributed by atoms with Gasteiger partial charge in [0.15, 0.2) is 18.9 Å². The number of hydrogen-bond acceptors (Lipinski definition) is 17. The highest BCUT2D eigenvalue weighted by Gasteiger charge is 2.72. The molecule has 0 aromatic rings. The van der Waals surface area contributed by atoms with Crippen LogP contribution in [0.5, 0.6) is 0 Å². The predicted molar refractivity (Wildman–Crippen MR) is 228 cm³/mol. The molecule has 0 radical (unpaired) electrons.